The lowest BCUT2D eigenvalue weighted by molar-refractivity contribution is -0.255. The molecule has 2 rings (SSSR count). The molecule has 0 amide bonds. The fraction of sp³-hybridized carbons (Fsp3) is 0.188. The van der Waals surface area contributed by atoms with Gasteiger partial charge < -0.3 is 9.90 Å². The van der Waals surface area contributed by atoms with Crippen LogP contribution in [0.2, 0.25) is 0 Å². The summed E-state index contributed by atoms with van der Waals surface area (Å²) < 4.78 is 28.6. The van der Waals surface area contributed by atoms with Crippen molar-refractivity contribution in [1.82, 2.24) is 0 Å². The fourth-order valence-electron chi connectivity index (χ4n) is 2.17. The van der Waals surface area contributed by atoms with E-state index in [1.165, 1.54) is 6.07 Å². The quantitative estimate of drug-likeness (QED) is 0.859. The Hall–Kier alpha value is -1.86. The number of halogens is 1. The van der Waals surface area contributed by atoms with E-state index in [1.807, 2.05) is 0 Å². The zero-order valence-corrected chi connectivity index (χ0v) is 15.2. The topological polar surface area (TPSA) is 86.3 Å². The molecule has 0 saturated heterocycles. The number of carboxylic acid groups (broad SMARTS) is 1. The minimum atomic E-state index is -3.91. The van der Waals surface area contributed by atoms with Gasteiger partial charge in [-0.2, -0.15) is 0 Å². The monoisotopic (exact) mass is 396 g/mol. The molecule has 0 heterocycles. The number of sulfonamides is 1. The Morgan fingerprint density at radius 1 is 1.09 bits per heavy atom. The number of anilines is 1. The number of carboxylic acids is 1. The third-order valence-corrected chi connectivity index (χ3v) is 5.56. The van der Waals surface area contributed by atoms with Gasteiger partial charge >= 0.3 is 0 Å². The number of benzene rings is 2. The number of aromatic carboxylic acids is 1. The van der Waals surface area contributed by atoms with E-state index in [4.69, 9.17) is 0 Å². The van der Waals surface area contributed by atoms with E-state index < -0.39 is 16.0 Å². The van der Waals surface area contributed by atoms with Crippen LogP contribution in [-0.4, -0.2) is 14.4 Å². The molecule has 0 unspecified atom stereocenters. The molecule has 0 aliphatic carbocycles. The van der Waals surface area contributed by atoms with Crippen LogP contribution in [0.3, 0.4) is 0 Å². The summed E-state index contributed by atoms with van der Waals surface area (Å²) in [5, 5.41) is 11.1. The minimum absolute atomic E-state index is 0.0704. The van der Waals surface area contributed by atoms with Crippen molar-refractivity contribution in [1.29, 1.82) is 0 Å². The molecule has 0 radical (unpaired) electrons. The zero-order valence-electron chi connectivity index (χ0n) is 12.8. The molecular weight excluding hydrogens is 382 g/mol. The van der Waals surface area contributed by atoms with Crippen LogP contribution in [0.4, 0.5) is 5.69 Å². The Morgan fingerprint density at radius 2 is 1.74 bits per heavy atom. The van der Waals surface area contributed by atoms with E-state index in [9.17, 15) is 18.3 Å². The van der Waals surface area contributed by atoms with E-state index in [0.29, 0.717) is 16.8 Å². The summed E-state index contributed by atoms with van der Waals surface area (Å²) in [7, 11) is -3.91. The van der Waals surface area contributed by atoms with Crippen LogP contribution in [0.5, 0.6) is 0 Å². The highest BCUT2D eigenvalue weighted by Gasteiger charge is 2.20. The van der Waals surface area contributed by atoms with Crippen LogP contribution < -0.4 is 9.83 Å². The van der Waals surface area contributed by atoms with Crippen molar-refractivity contribution in [2.75, 3.05) is 4.72 Å². The predicted molar refractivity (Wildman–Crippen MR) is 89.9 cm³/mol. The van der Waals surface area contributed by atoms with Gasteiger partial charge in [0.15, 0.2) is 0 Å². The summed E-state index contributed by atoms with van der Waals surface area (Å²) in [4.78, 5) is 11.0. The normalized spacial score (nSPS) is 11.3. The maximum Gasteiger partial charge on any atom is 0.262 e. The Balaban J connectivity index is 2.53. The average Bonchev–Trinajstić information content (AvgIpc) is 2.44. The number of hydrogen-bond donors (Lipinski definition) is 1. The van der Waals surface area contributed by atoms with Gasteiger partial charge in [0.25, 0.3) is 10.0 Å². The number of aryl methyl sites for hydroxylation is 2. The molecule has 0 bridgehead atoms. The van der Waals surface area contributed by atoms with Crippen molar-refractivity contribution in [3.8, 4) is 0 Å². The molecule has 0 atom stereocenters. The van der Waals surface area contributed by atoms with Crippen LogP contribution >= 0.6 is 15.9 Å². The van der Waals surface area contributed by atoms with Gasteiger partial charge in [0.05, 0.1) is 16.6 Å². The summed E-state index contributed by atoms with van der Waals surface area (Å²) in [6.45, 7) is 5.07. The molecule has 23 heavy (non-hydrogen) atoms. The second kappa shape index (κ2) is 6.33. The van der Waals surface area contributed by atoms with Gasteiger partial charge in [0.1, 0.15) is 0 Å². The number of rotatable bonds is 4. The van der Waals surface area contributed by atoms with Gasteiger partial charge in [-0.15, -0.1) is 0 Å². The van der Waals surface area contributed by atoms with Crippen molar-refractivity contribution >= 4 is 37.6 Å². The fourth-order valence-corrected chi connectivity index (χ4v) is 4.12. The van der Waals surface area contributed by atoms with Crippen molar-refractivity contribution in [3.05, 3.63) is 57.1 Å². The van der Waals surface area contributed by atoms with Gasteiger partial charge in [0.2, 0.25) is 0 Å². The van der Waals surface area contributed by atoms with E-state index in [2.05, 4.69) is 20.7 Å². The van der Waals surface area contributed by atoms with E-state index in [0.717, 1.165) is 16.1 Å². The molecule has 0 aliphatic heterocycles. The molecule has 0 fully saturated rings. The molecular formula is C16H15BrNO4S-. The molecule has 2 aromatic carbocycles. The first-order chi connectivity index (χ1) is 10.6. The van der Waals surface area contributed by atoms with Crippen LogP contribution in [0, 0.1) is 20.8 Å². The smallest absolute Gasteiger partial charge is 0.262 e. The van der Waals surface area contributed by atoms with Crippen molar-refractivity contribution < 1.29 is 18.3 Å². The Bertz CT molecular complexity index is 891. The van der Waals surface area contributed by atoms with Crippen LogP contribution in [0.1, 0.15) is 27.0 Å². The van der Waals surface area contributed by atoms with E-state index in [-0.39, 0.29) is 10.5 Å². The second-order valence-electron chi connectivity index (χ2n) is 5.27. The summed E-state index contributed by atoms with van der Waals surface area (Å²) in [6.07, 6.45) is 0. The highest BCUT2D eigenvalue weighted by Crippen LogP contribution is 2.26. The SMILES string of the molecule is Cc1cc(Br)ccc1NS(=O)(=O)c1cc(C(=O)[O-])cc(C)c1C. The Labute approximate surface area is 143 Å². The second-order valence-corrected chi connectivity index (χ2v) is 7.83. The molecule has 0 spiro atoms. The first-order valence-corrected chi connectivity index (χ1v) is 9.01. The maximum atomic E-state index is 12.7. The summed E-state index contributed by atoms with van der Waals surface area (Å²) in [6, 6.07) is 7.67. The first-order valence-electron chi connectivity index (χ1n) is 6.73. The third kappa shape index (κ3) is 3.73. The van der Waals surface area contributed by atoms with Crippen LogP contribution in [0.15, 0.2) is 39.7 Å². The number of carbonyl (C=O) groups excluding carboxylic acids is 1. The van der Waals surface area contributed by atoms with Gasteiger partial charge in [-0.1, -0.05) is 15.9 Å². The first kappa shape index (κ1) is 17.5. The average molecular weight is 397 g/mol. The maximum absolute atomic E-state index is 12.7. The lowest BCUT2D eigenvalue weighted by Crippen LogP contribution is -2.24. The molecule has 0 aromatic heterocycles. The lowest BCUT2D eigenvalue weighted by Gasteiger charge is -2.16. The summed E-state index contributed by atoms with van der Waals surface area (Å²) in [5.74, 6) is -1.41. The van der Waals surface area contributed by atoms with Crippen molar-refractivity contribution in [2.24, 2.45) is 0 Å². The molecule has 7 heteroatoms. The van der Waals surface area contributed by atoms with Gasteiger partial charge in [-0.3, -0.25) is 4.72 Å². The molecule has 1 N–H and O–H groups in total. The van der Waals surface area contributed by atoms with E-state index in [1.54, 1.807) is 39.0 Å². The van der Waals surface area contributed by atoms with Gasteiger partial charge in [-0.05, 0) is 73.4 Å². The highest BCUT2D eigenvalue weighted by molar-refractivity contribution is 9.10. The Kier molecular flexibility index (Phi) is 4.81. The van der Waals surface area contributed by atoms with Crippen molar-refractivity contribution in [2.45, 2.75) is 25.7 Å². The molecule has 2 aromatic rings. The number of hydrogen-bond acceptors (Lipinski definition) is 4. The summed E-state index contributed by atoms with van der Waals surface area (Å²) >= 11 is 3.32. The molecule has 0 saturated carbocycles. The zero-order chi connectivity index (χ0) is 17.4. The predicted octanol–water partition coefficient (Wildman–Crippen LogP) is 2.54. The van der Waals surface area contributed by atoms with Gasteiger partial charge in [-0.25, -0.2) is 8.42 Å². The summed E-state index contributed by atoms with van der Waals surface area (Å²) in [5.41, 5.74) is 2.08. The number of nitrogens with one attached hydrogen (secondary N) is 1. The standard InChI is InChI=1S/C16H16BrNO4S/c1-9-6-12(16(19)20)8-15(11(9)3)23(21,22)18-14-5-4-13(17)7-10(14)2/h4-8,18H,1-3H3,(H,19,20)/p-1. The molecule has 122 valence electrons. The number of carbonyl (C=O) groups is 1. The van der Waals surface area contributed by atoms with Crippen LogP contribution in [0.25, 0.3) is 0 Å². The minimum Gasteiger partial charge on any atom is -0.545 e. The molecule has 5 nitrogen and oxygen atoms in total. The largest absolute Gasteiger partial charge is 0.545 e. The van der Waals surface area contributed by atoms with Crippen LogP contribution in [-0.2, 0) is 10.0 Å². The lowest BCUT2D eigenvalue weighted by atomic mass is 10.1. The highest BCUT2D eigenvalue weighted by atomic mass is 79.9. The van der Waals surface area contributed by atoms with E-state index >= 15 is 0 Å². The Morgan fingerprint density at radius 3 is 2.30 bits per heavy atom. The molecule has 0 aliphatic rings. The van der Waals surface area contributed by atoms with Crippen molar-refractivity contribution in [3.63, 3.8) is 0 Å². The third-order valence-electron chi connectivity index (χ3n) is 3.58. The van der Waals surface area contributed by atoms with Gasteiger partial charge in [0, 0.05) is 4.47 Å².